The Bertz CT molecular complexity index is 1020. The van der Waals surface area contributed by atoms with E-state index in [9.17, 15) is 9.18 Å². The molecule has 2 N–H and O–H groups in total. The summed E-state index contributed by atoms with van der Waals surface area (Å²) in [6, 6.07) is 6.21. The van der Waals surface area contributed by atoms with Gasteiger partial charge in [0.05, 0.1) is 22.9 Å². The van der Waals surface area contributed by atoms with E-state index in [0.29, 0.717) is 28.2 Å². The molecule has 2 aromatic heterocycles. The number of rotatable bonds is 3. The molecular weight excluding hydrogens is 377 g/mol. The van der Waals surface area contributed by atoms with E-state index in [4.69, 9.17) is 5.73 Å². The third-order valence-electron chi connectivity index (χ3n) is 5.02. The van der Waals surface area contributed by atoms with Crippen LogP contribution in [-0.2, 0) is 0 Å². The Morgan fingerprint density at radius 3 is 2.82 bits per heavy atom. The normalized spacial score (nSPS) is 16.9. The third kappa shape index (κ3) is 3.35. The van der Waals surface area contributed by atoms with Gasteiger partial charge in [-0.3, -0.25) is 4.79 Å². The van der Waals surface area contributed by atoms with Crippen molar-refractivity contribution in [1.29, 1.82) is 0 Å². The third-order valence-corrected chi connectivity index (χ3v) is 5.94. The van der Waals surface area contributed by atoms with E-state index in [1.54, 1.807) is 29.9 Å². The lowest BCUT2D eigenvalue weighted by atomic mass is 9.93. The van der Waals surface area contributed by atoms with Crippen LogP contribution in [0.2, 0.25) is 0 Å². The van der Waals surface area contributed by atoms with Crippen molar-refractivity contribution < 1.29 is 9.18 Å². The van der Waals surface area contributed by atoms with Crippen LogP contribution >= 0.6 is 11.3 Å². The minimum absolute atomic E-state index is 0.0682. The number of thiazole rings is 1. The number of hydrogen-bond donors (Lipinski definition) is 1. The highest BCUT2D eigenvalue weighted by Gasteiger charge is 2.33. The summed E-state index contributed by atoms with van der Waals surface area (Å²) in [6.07, 6.45) is 4.15. The lowest BCUT2D eigenvalue weighted by Gasteiger charge is -2.36. The maximum absolute atomic E-state index is 14.5. The van der Waals surface area contributed by atoms with Gasteiger partial charge in [0.1, 0.15) is 10.7 Å². The smallest absolute Gasteiger partial charge is 0.266 e. The number of piperidine rings is 1. The zero-order valence-electron chi connectivity index (χ0n) is 15.4. The Labute approximate surface area is 166 Å². The number of nitrogens with two attached hydrogens (primary N) is 1. The predicted molar refractivity (Wildman–Crippen MR) is 106 cm³/mol. The number of benzene rings is 1. The topological polar surface area (TPSA) is 85.0 Å². The number of likely N-dealkylation sites (tertiary alicyclic amines) is 1. The van der Waals surface area contributed by atoms with Gasteiger partial charge in [0.2, 0.25) is 5.95 Å². The highest BCUT2D eigenvalue weighted by Crippen LogP contribution is 2.37. The van der Waals surface area contributed by atoms with Gasteiger partial charge in [-0.1, -0.05) is 18.2 Å². The molecule has 28 heavy (non-hydrogen) atoms. The van der Waals surface area contributed by atoms with Gasteiger partial charge in [0.15, 0.2) is 0 Å². The van der Waals surface area contributed by atoms with Crippen LogP contribution < -0.4 is 5.73 Å². The SMILES string of the molecule is Cc1ncsc1C(=O)N1CCCC[C@H]1c1nc(N)ncc1-c1ccccc1F. The van der Waals surface area contributed by atoms with E-state index in [1.807, 2.05) is 11.8 Å². The fourth-order valence-electron chi connectivity index (χ4n) is 3.65. The molecule has 3 aromatic rings. The van der Waals surface area contributed by atoms with Gasteiger partial charge in [-0.2, -0.15) is 0 Å². The van der Waals surface area contributed by atoms with Crippen molar-refractivity contribution in [3.63, 3.8) is 0 Å². The average Bonchev–Trinajstić information content (AvgIpc) is 3.14. The molecular formula is C20H20FN5OS. The van der Waals surface area contributed by atoms with Crippen LogP contribution in [-0.4, -0.2) is 32.3 Å². The molecule has 3 heterocycles. The summed E-state index contributed by atoms with van der Waals surface area (Å²) in [5.74, 6) is -0.312. The van der Waals surface area contributed by atoms with Gasteiger partial charge in [-0.25, -0.2) is 19.3 Å². The van der Waals surface area contributed by atoms with Gasteiger partial charge < -0.3 is 10.6 Å². The van der Waals surface area contributed by atoms with Crippen molar-refractivity contribution >= 4 is 23.2 Å². The Morgan fingerprint density at radius 2 is 2.07 bits per heavy atom. The second-order valence-corrected chi connectivity index (χ2v) is 7.64. The molecule has 4 rings (SSSR count). The first-order valence-corrected chi connectivity index (χ1v) is 10.0. The first-order chi connectivity index (χ1) is 13.6. The Hall–Kier alpha value is -2.87. The van der Waals surface area contributed by atoms with Crippen molar-refractivity contribution in [2.45, 2.75) is 32.2 Å². The van der Waals surface area contributed by atoms with Crippen LogP contribution in [0.3, 0.4) is 0 Å². The number of nitrogens with zero attached hydrogens (tertiary/aromatic N) is 4. The molecule has 0 bridgehead atoms. The van der Waals surface area contributed by atoms with E-state index >= 15 is 0 Å². The number of halogens is 1. The van der Waals surface area contributed by atoms with Crippen LogP contribution in [0.1, 0.15) is 46.4 Å². The van der Waals surface area contributed by atoms with Gasteiger partial charge in [0.25, 0.3) is 5.91 Å². The fourth-order valence-corrected chi connectivity index (χ4v) is 4.40. The second kappa shape index (κ2) is 7.63. The number of nitrogen functional groups attached to an aromatic ring is 1. The fraction of sp³-hybridized carbons (Fsp3) is 0.300. The molecule has 1 amide bonds. The highest BCUT2D eigenvalue weighted by atomic mass is 32.1. The number of aromatic nitrogens is 3. The minimum Gasteiger partial charge on any atom is -0.368 e. The number of aryl methyl sites for hydroxylation is 1. The summed E-state index contributed by atoms with van der Waals surface area (Å²) < 4.78 is 14.5. The summed E-state index contributed by atoms with van der Waals surface area (Å²) >= 11 is 1.33. The zero-order valence-corrected chi connectivity index (χ0v) is 16.2. The summed E-state index contributed by atoms with van der Waals surface area (Å²) in [5, 5.41) is 0. The molecule has 1 atom stereocenters. The van der Waals surface area contributed by atoms with Crippen LogP contribution in [0.25, 0.3) is 11.1 Å². The second-order valence-electron chi connectivity index (χ2n) is 6.78. The zero-order chi connectivity index (χ0) is 19.7. The van der Waals surface area contributed by atoms with Crippen molar-refractivity contribution in [3.8, 4) is 11.1 Å². The molecule has 1 fully saturated rings. The molecule has 1 aliphatic heterocycles. The van der Waals surface area contributed by atoms with E-state index in [-0.39, 0.29) is 23.7 Å². The molecule has 8 heteroatoms. The summed E-state index contributed by atoms with van der Waals surface area (Å²) in [7, 11) is 0. The molecule has 1 aliphatic rings. The molecule has 6 nitrogen and oxygen atoms in total. The lowest BCUT2D eigenvalue weighted by Crippen LogP contribution is -2.39. The first-order valence-electron chi connectivity index (χ1n) is 9.14. The van der Waals surface area contributed by atoms with Crippen molar-refractivity contribution in [2.75, 3.05) is 12.3 Å². The Kier molecular flexibility index (Phi) is 5.04. The van der Waals surface area contributed by atoms with Gasteiger partial charge in [-0.15, -0.1) is 11.3 Å². The van der Waals surface area contributed by atoms with Crippen LogP contribution in [0.5, 0.6) is 0 Å². The minimum atomic E-state index is -0.357. The van der Waals surface area contributed by atoms with Crippen LogP contribution in [0.4, 0.5) is 10.3 Å². The summed E-state index contributed by atoms with van der Waals surface area (Å²) in [5.41, 5.74) is 9.82. The van der Waals surface area contributed by atoms with Crippen LogP contribution in [0, 0.1) is 12.7 Å². The summed E-state index contributed by atoms with van der Waals surface area (Å²) in [4.78, 5) is 28.4. The number of hydrogen-bond acceptors (Lipinski definition) is 6. The van der Waals surface area contributed by atoms with Crippen molar-refractivity contribution in [2.24, 2.45) is 0 Å². The van der Waals surface area contributed by atoms with Gasteiger partial charge in [0, 0.05) is 23.9 Å². The highest BCUT2D eigenvalue weighted by molar-refractivity contribution is 7.11. The largest absolute Gasteiger partial charge is 0.368 e. The van der Waals surface area contributed by atoms with E-state index in [1.165, 1.54) is 17.4 Å². The molecule has 0 aliphatic carbocycles. The lowest BCUT2D eigenvalue weighted by molar-refractivity contribution is 0.0611. The molecule has 0 radical (unpaired) electrons. The van der Waals surface area contributed by atoms with E-state index in [0.717, 1.165) is 25.0 Å². The quantitative estimate of drug-likeness (QED) is 0.722. The van der Waals surface area contributed by atoms with Crippen molar-refractivity contribution in [1.82, 2.24) is 19.9 Å². The Morgan fingerprint density at radius 1 is 1.25 bits per heavy atom. The average molecular weight is 397 g/mol. The standard InChI is InChI=1S/C20H20FN5OS/c1-12-18(28-11-24-12)19(27)26-9-5-4-8-16(26)17-14(10-23-20(22)25-17)13-6-2-3-7-15(13)21/h2-3,6-7,10-11,16H,4-5,8-9H2,1H3,(H2,22,23,25)/t16-/m0/s1. The molecule has 144 valence electrons. The van der Waals surface area contributed by atoms with E-state index in [2.05, 4.69) is 15.0 Å². The molecule has 1 aromatic carbocycles. The van der Waals surface area contributed by atoms with Crippen LogP contribution in [0.15, 0.2) is 36.0 Å². The van der Waals surface area contributed by atoms with Crippen molar-refractivity contribution in [3.05, 3.63) is 58.1 Å². The van der Waals surface area contributed by atoms with E-state index < -0.39 is 0 Å². The van der Waals surface area contributed by atoms with Gasteiger partial charge >= 0.3 is 0 Å². The molecule has 0 spiro atoms. The maximum Gasteiger partial charge on any atom is 0.266 e. The molecule has 0 saturated carbocycles. The molecule has 1 saturated heterocycles. The number of amides is 1. The maximum atomic E-state index is 14.5. The Balaban J connectivity index is 1.80. The predicted octanol–water partition coefficient (Wildman–Crippen LogP) is 4.00. The summed E-state index contributed by atoms with van der Waals surface area (Å²) in [6.45, 7) is 2.44. The molecule has 0 unspecified atom stereocenters. The van der Waals surface area contributed by atoms with Gasteiger partial charge in [-0.05, 0) is 32.3 Å². The number of carbonyl (C=O) groups excluding carboxylic acids is 1. The number of carbonyl (C=O) groups is 1. The first kappa shape index (κ1) is 18.5. The number of anilines is 1. The monoisotopic (exact) mass is 397 g/mol.